The summed E-state index contributed by atoms with van der Waals surface area (Å²) in [5.41, 5.74) is 6.20. The SMILES string of the molecule is CCC1CCCN(CC(=O)Nc2cc(N)ccc2F)CC1. The number of nitrogens with zero attached hydrogens (tertiary/aromatic N) is 1. The Kier molecular flexibility index (Phi) is 5.56. The van der Waals surface area contributed by atoms with E-state index in [9.17, 15) is 9.18 Å². The van der Waals surface area contributed by atoms with Crippen LogP contribution in [0.25, 0.3) is 0 Å². The lowest BCUT2D eigenvalue weighted by atomic mass is 9.98. The maximum absolute atomic E-state index is 13.6. The Morgan fingerprint density at radius 1 is 1.43 bits per heavy atom. The summed E-state index contributed by atoms with van der Waals surface area (Å²) in [5, 5.41) is 2.61. The average Bonchev–Trinajstić information content (AvgIpc) is 2.68. The van der Waals surface area contributed by atoms with Crippen molar-refractivity contribution in [3.63, 3.8) is 0 Å². The van der Waals surface area contributed by atoms with Crippen molar-refractivity contribution in [1.82, 2.24) is 4.90 Å². The molecule has 1 aliphatic rings. The van der Waals surface area contributed by atoms with Gasteiger partial charge in [-0.1, -0.05) is 13.3 Å². The predicted molar refractivity (Wildman–Crippen MR) is 83.5 cm³/mol. The Balaban J connectivity index is 1.88. The number of nitrogens with one attached hydrogen (secondary N) is 1. The molecule has 0 aromatic heterocycles. The zero-order chi connectivity index (χ0) is 15.2. The summed E-state index contributed by atoms with van der Waals surface area (Å²) in [5.74, 6) is 0.123. The molecule has 0 aliphatic carbocycles. The molecular weight excluding hydrogens is 269 g/mol. The number of rotatable bonds is 4. The van der Waals surface area contributed by atoms with Crippen LogP contribution in [0.5, 0.6) is 0 Å². The van der Waals surface area contributed by atoms with E-state index in [4.69, 9.17) is 5.73 Å². The fourth-order valence-electron chi connectivity index (χ4n) is 2.82. The molecule has 1 saturated heterocycles. The van der Waals surface area contributed by atoms with E-state index in [2.05, 4.69) is 17.1 Å². The van der Waals surface area contributed by atoms with Crippen molar-refractivity contribution in [1.29, 1.82) is 0 Å². The second kappa shape index (κ2) is 7.41. The van der Waals surface area contributed by atoms with E-state index in [1.54, 1.807) is 0 Å². The molecule has 4 nitrogen and oxygen atoms in total. The zero-order valence-corrected chi connectivity index (χ0v) is 12.6. The van der Waals surface area contributed by atoms with Gasteiger partial charge in [0.25, 0.3) is 0 Å². The molecule has 1 aromatic rings. The van der Waals surface area contributed by atoms with Crippen molar-refractivity contribution in [3.05, 3.63) is 24.0 Å². The number of likely N-dealkylation sites (tertiary alicyclic amines) is 1. The molecule has 1 unspecified atom stereocenters. The normalized spacial score (nSPS) is 20.0. The van der Waals surface area contributed by atoms with Gasteiger partial charge in [-0.15, -0.1) is 0 Å². The molecule has 1 amide bonds. The van der Waals surface area contributed by atoms with E-state index in [1.165, 1.54) is 31.0 Å². The van der Waals surface area contributed by atoms with Gasteiger partial charge in [0.1, 0.15) is 5.82 Å². The molecule has 5 heteroatoms. The van der Waals surface area contributed by atoms with Crippen LogP contribution in [-0.2, 0) is 4.79 Å². The number of nitrogen functional groups attached to an aromatic ring is 1. The van der Waals surface area contributed by atoms with Gasteiger partial charge in [0.05, 0.1) is 12.2 Å². The summed E-state index contributed by atoms with van der Waals surface area (Å²) < 4.78 is 13.6. The number of benzene rings is 1. The standard InChI is InChI=1S/C16H24FN3O/c1-2-12-4-3-8-20(9-7-12)11-16(21)19-15-10-13(18)5-6-14(15)17/h5-6,10,12H,2-4,7-9,11,18H2,1H3,(H,19,21). The van der Waals surface area contributed by atoms with Gasteiger partial charge in [0.15, 0.2) is 0 Å². The number of hydrogen-bond acceptors (Lipinski definition) is 3. The molecule has 1 aliphatic heterocycles. The zero-order valence-electron chi connectivity index (χ0n) is 12.6. The van der Waals surface area contributed by atoms with Gasteiger partial charge in [-0.25, -0.2) is 4.39 Å². The van der Waals surface area contributed by atoms with Crippen molar-refractivity contribution in [2.75, 3.05) is 30.7 Å². The number of amides is 1. The van der Waals surface area contributed by atoms with Crippen molar-refractivity contribution >= 4 is 17.3 Å². The molecule has 0 saturated carbocycles. The van der Waals surface area contributed by atoms with E-state index in [-0.39, 0.29) is 11.6 Å². The summed E-state index contributed by atoms with van der Waals surface area (Å²) in [6, 6.07) is 4.19. The number of hydrogen-bond donors (Lipinski definition) is 2. The highest BCUT2D eigenvalue weighted by molar-refractivity contribution is 5.92. The van der Waals surface area contributed by atoms with Crippen molar-refractivity contribution in [2.45, 2.75) is 32.6 Å². The van der Waals surface area contributed by atoms with Gasteiger partial charge in [-0.2, -0.15) is 0 Å². The molecule has 1 atom stereocenters. The summed E-state index contributed by atoms with van der Waals surface area (Å²) in [7, 11) is 0. The molecule has 1 heterocycles. The van der Waals surface area contributed by atoms with Crippen molar-refractivity contribution < 1.29 is 9.18 Å². The first-order chi connectivity index (χ1) is 10.1. The first-order valence-corrected chi connectivity index (χ1v) is 7.65. The van der Waals surface area contributed by atoms with Crippen LogP contribution >= 0.6 is 0 Å². The second-order valence-electron chi connectivity index (χ2n) is 5.77. The van der Waals surface area contributed by atoms with Gasteiger partial charge in [-0.05, 0) is 56.5 Å². The number of carbonyl (C=O) groups is 1. The minimum Gasteiger partial charge on any atom is -0.399 e. The molecular formula is C16H24FN3O. The maximum atomic E-state index is 13.6. The molecule has 0 spiro atoms. The number of nitrogens with two attached hydrogens (primary N) is 1. The largest absolute Gasteiger partial charge is 0.399 e. The van der Waals surface area contributed by atoms with E-state index < -0.39 is 5.82 Å². The third-order valence-electron chi connectivity index (χ3n) is 4.15. The van der Waals surface area contributed by atoms with E-state index in [1.807, 2.05) is 0 Å². The fourth-order valence-corrected chi connectivity index (χ4v) is 2.82. The summed E-state index contributed by atoms with van der Waals surface area (Å²) in [4.78, 5) is 14.2. The van der Waals surface area contributed by atoms with Gasteiger partial charge in [-0.3, -0.25) is 9.69 Å². The van der Waals surface area contributed by atoms with Crippen LogP contribution in [0.4, 0.5) is 15.8 Å². The van der Waals surface area contributed by atoms with Gasteiger partial charge >= 0.3 is 0 Å². The third-order valence-corrected chi connectivity index (χ3v) is 4.15. The molecule has 3 N–H and O–H groups in total. The number of carbonyl (C=O) groups excluding carboxylic acids is 1. The van der Waals surface area contributed by atoms with Crippen LogP contribution in [0.15, 0.2) is 18.2 Å². The van der Waals surface area contributed by atoms with Crippen LogP contribution in [0, 0.1) is 11.7 Å². The Labute approximate surface area is 125 Å². The monoisotopic (exact) mass is 293 g/mol. The first kappa shape index (κ1) is 15.8. The Morgan fingerprint density at radius 3 is 3.00 bits per heavy atom. The van der Waals surface area contributed by atoms with Crippen LogP contribution < -0.4 is 11.1 Å². The summed E-state index contributed by atoms with van der Waals surface area (Å²) in [6.45, 7) is 4.40. The second-order valence-corrected chi connectivity index (χ2v) is 5.77. The van der Waals surface area contributed by atoms with Crippen molar-refractivity contribution in [2.24, 2.45) is 5.92 Å². The van der Waals surface area contributed by atoms with Crippen molar-refractivity contribution in [3.8, 4) is 0 Å². The molecule has 0 radical (unpaired) electrons. The Morgan fingerprint density at radius 2 is 2.24 bits per heavy atom. The maximum Gasteiger partial charge on any atom is 0.238 e. The van der Waals surface area contributed by atoms with E-state index in [0.29, 0.717) is 12.2 Å². The fraction of sp³-hybridized carbons (Fsp3) is 0.562. The molecule has 1 fully saturated rings. The summed E-state index contributed by atoms with van der Waals surface area (Å²) in [6.07, 6.45) is 4.70. The molecule has 0 bridgehead atoms. The minimum absolute atomic E-state index is 0.154. The summed E-state index contributed by atoms with van der Waals surface area (Å²) >= 11 is 0. The van der Waals surface area contributed by atoms with Gasteiger partial charge in [0.2, 0.25) is 5.91 Å². The van der Waals surface area contributed by atoms with Crippen LogP contribution in [0.3, 0.4) is 0 Å². The molecule has 2 rings (SSSR count). The lowest BCUT2D eigenvalue weighted by molar-refractivity contribution is -0.117. The number of halogens is 1. The smallest absolute Gasteiger partial charge is 0.238 e. The topological polar surface area (TPSA) is 58.4 Å². The predicted octanol–water partition coefficient (Wildman–Crippen LogP) is 2.86. The average molecular weight is 293 g/mol. The molecule has 21 heavy (non-hydrogen) atoms. The van der Waals surface area contributed by atoms with Crippen LogP contribution in [-0.4, -0.2) is 30.4 Å². The first-order valence-electron chi connectivity index (χ1n) is 7.65. The van der Waals surface area contributed by atoms with Crippen LogP contribution in [0.2, 0.25) is 0 Å². The van der Waals surface area contributed by atoms with Gasteiger partial charge in [0, 0.05) is 5.69 Å². The number of anilines is 2. The lowest BCUT2D eigenvalue weighted by Crippen LogP contribution is -2.34. The highest BCUT2D eigenvalue weighted by atomic mass is 19.1. The minimum atomic E-state index is -0.459. The van der Waals surface area contributed by atoms with Crippen LogP contribution in [0.1, 0.15) is 32.6 Å². The van der Waals surface area contributed by atoms with E-state index >= 15 is 0 Å². The Bertz CT molecular complexity index is 492. The third kappa shape index (κ3) is 4.70. The Hall–Kier alpha value is -1.62. The molecule has 1 aromatic carbocycles. The highest BCUT2D eigenvalue weighted by Gasteiger charge is 2.18. The molecule has 116 valence electrons. The highest BCUT2D eigenvalue weighted by Crippen LogP contribution is 2.20. The van der Waals surface area contributed by atoms with E-state index in [0.717, 1.165) is 31.8 Å². The van der Waals surface area contributed by atoms with Gasteiger partial charge < -0.3 is 11.1 Å². The lowest BCUT2D eigenvalue weighted by Gasteiger charge is -2.19. The quantitative estimate of drug-likeness (QED) is 0.839.